The van der Waals surface area contributed by atoms with E-state index in [1.807, 2.05) is 0 Å². The number of hydrogen-bond acceptors (Lipinski definition) is 6. The van der Waals surface area contributed by atoms with Crippen molar-refractivity contribution >= 4 is 30.4 Å². The quantitative estimate of drug-likeness (QED) is 0.198. The summed E-state index contributed by atoms with van der Waals surface area (Å²) in [6, 6.07) is -1.03. The van der Waals surface area contributed by atoms with Gasteiger partial charge in [-0.2, -0.15) is 11.8 Å². The molecular formula is C12H21N3O4S. The van der Waals surface area contributed by atoms with Gasteiger partial charge < -0.3 is 20.7 Å². The summed E-state index contributed by atoms with van der Waals surface area (Å²) >= 11 is 1.49. The summed E-state index contributed by atoms with van der Waals surface area (Å²) in [6.45, 7) is 2.06. The Morgan fingerprint density at radius 3 is 2.85 bits per heavy atom. The largest absolute Gasteiger partial charge is 0.480 e. The van der Waals surface area contributed by atoms with Crippen LogP contribution in [0.25, 0.3) is 0 Å². The molecule has 5 atom stereocenters. The van der Waals surface area contributed by atoms with Crippen LogP contribution in [0.3, 0.4) is 0 Å². The molecule has 0 aromatic carbocycles. The van der Waals surface area contributed by atoms with Gasteiger partial charge in [0.25, 0.3) is 0 Å². The van der Waals surface area contributed by atoms with E-state index < -0.39 is 24.0 Å². The number of nitrogens with one attached hydrogen (secondary N) is 1. The minimum absolute atomic E-state index is 0.147. The fourth-order valence-corrected chi connectivity index (χ4v) is 3.58. The second-order valence-corrected chi connectivity index (χ2v) is 6.09. The number of thioether (sulfide) groups is 1. The highest BCUT2D eigenvalue weighted by molar-refractivity contribution is 8.00. The highest BCUT2D eigenvalue weighted by Crippen LogP contribution is 2.30. The number of carboxylic acids is 1. The molecule has 0 spiro atoms. The van der Waals surface area contributed by atoms with E-state index in [1.54, 1.807) is 0 Å². The van der Waals surface area contributed by atoms with Gasteiger partial charge in [-0.25, -0.2) is 0 Å². The Bertz CT molecular complexity index is 365. The highest BCUT2D eigenvalue weighted by Gasteiger charge is 2.42. The van der Waals surface area contributed by atoms with Crippen LogP contribution in [0.4, 0.5) is 0 Å². The third-order valence-electron chi connectivity index (χ3n) is 3.35. The van der Waals surface area contributed by atoms with Crippen LogP contribution >= 0.6 is 11.8 Å². The molecule has 0 aromatic heterocycles. The molecule has 1 saturated heterocycles. The van der Waals surface area contributed by atoms with Crippen molar-refractivity contribution in [2.24, 2.45) is 16.6 Å². The van der Waals surface area contributed by atoms with E-state index in [2.05, 4.69) is 10.3 Å². The molecule has 1 fully saturated rings. The van der Waals surface area contributed by atoms with Crippen molar-refractivity contribution in [1.29, 1.82) is 0 Å². The van der Waals surface area contributed by atoms with Gasteiger partial charge in [-0.15, -0.1) is 0 Å². The third kappa shape index (κ3) is 4.46. The number of carbonyl (C=O) groups excluding carboxylic acids is 1. The summed E-state index contributed by atoms with van der Waals surface area (Å²) in [5.74, 6) is -0.871. The van der Waals surface area contributed by atoms with Gasteiger partial charge in [0.05, 0.1) is 18.4 Å². The number of nitrogens with two attached hydrogens (primary N) is 1. The molecule has 5 N–H and O–H groups in total. The number of aliphatic imine (C=N–C) groups is 1. The molecule has 8 heteroatoms. The summed E-state index contributed by atoms with van der Waals surface area (Å²) < 4.78 is 0. The molecule has 0 amide bonds. The molecular weight excluding hydrogens is 282 g/mol. The first kappa shape index (κ1) is 16.9. The number of rotatable bonds is 8. The van der Waals surface area contributed by atoms with Crippen LogP contribution in [0.15, 0.2) is 4.99 Å². The first-order valence-electron chi connectivity index (χ1n) is 6.45. The average molecular weight is 303 g/mol. The van der Waals surface area contributed by atoms with Gasteiger partial charge in [0.15, 0.2) is 0 Å². The van der Waals surface area contributed by atoms with Crippen molar-refractivity contribution in [2.75, 3.05) is 12.3 Å². The summed E-state index contributed by atoms with van der Waals surface area (Å²) in [5, 5.41) is 21.6. The smallest absolute Gasteiger partial charge is 0.321 e. The van der Waals surface area contributed by atoms with Crippen LogP contribution in [0.1, 0.15) is 13.3 Å². The summed E-state index contributed by atoms with van der Waals surface area (Å²) in [5.41, 5.74) is 5.14. The summed E-state index contributed by atoms with van der Waals surface area (Å²) in [4.78, 5) is 26.1. The number of carboxylic acid groups (broad SMARTS) is 1. The number of hydrogen-bond donors (Lipinski definition) is 4. The molecule has 0 bridgehead atoms. The van der Waals surface area contributed by atoms with Gasteiger partial charge in [-0.3, -0.25) is 15.1 Å². The van der Waals surface area contributed by atoms with E-state index in [0.717, 1.165) is 0 Å². The predicted octanol–water partition coefficient (Wildman–Crippen LogP) is -0.914. The lowest BCUT2D eigenvalue weighted by Crippen LogP contribution is -2.44. The van der Waals surface area contributed by atoms with Gasteiger partial charge in [0, 0.05) is 23.6 Å². The van der Waals surface area contributed by atoms with Crippen molar-refractivity contribution in [1.82, 2.24) is 5.32 Å². The number of aldehydes is 1. The zero-order valence-corrected chi connectivity index (χ0v) is 12.1. The van der Waals surface area contributed by atoms with E-state index >= 15 is 0 Å². The van der Waals surface area contributed by atoms with Crippen molar-refractivity contribution in [3.05, 3.63) is 0 Å². The summed E-state index contributed by atoms with van der Waals surface area (Å²) in [7, 11) is 0. The van der Waals surface area contributed by atoms with Gasteiger partial charge in [0.2, 0.25) is 0 Å². The minimum atomic E-state index is -0.942. The highest BCUT2D eigenvalue weighted by atomic mass is 32.2. The van der Waals surface area contributed by atoms with Crippen LogP contribution in [-0.2, 0) is 9.59 Å². The average Bonchev–Trinajstić information content (AvgIpc) is 2.79. The Morgan fingerprint density at radius 2 is 2.35 bits per heavy atom. The van der Waals surface area contributed by atoms with E-state index in [0.29, 0.717) is 25.0 Å². The van der Waals surface area contributed by atoms with E-state index in [1.165, 1.54) is 25.0 Å². The van der Waals surface area contributed by atoms with Crippen LogP contribution in [0.5, 0.6) is 0 Å². The first-order chi connectivity index (χ1) is 9.51. The van der Waals surface area contributed by atoms with Crippen LogP contribution in [0, 0.1) is 5.92 Å². The zero-order chi connectivity index (χ0) is 15.1. The molecule has 114 valence electrons. The lowest BCUT2D eigenvalue weighted by molar-refractivity contribution is -0.139. The molecule has 1 heterocycles. The van der Waals surface area contributed by atoms with E-state index in [4.69, 9.17) is 5.73 Å². The second kappa shape index (κ2) is 8.23. The number of aliphatic carboxylic acids is 1. The lowest BCUT2D eigenvalue weighted by atomic mass is 9.95. The molecule has 1 unspecified atom stereocenters. The van der Waals surface area contributed by atoms with Crippen molar-refractivity contribution < 1.29 is 19.8 Å². The molecule has 1 aliphatic rings. The number of carbonyl (C=O) groups is 2. The molecule has 0 aromatic rings. The summed E-state index contributed by atoms with van der Waals surface area (Å²) in [6.07, 6.45) is 1.64. The van der Waals surface area contributed by atoms with Crippen LogP contribution < -0.4 is 11.1 Å². The molecule has 1 aliphatic heterocycles. The van der Waals surface area contributed by atoms with Crippen LogP contribution in [-0.4, -0.2) is 64.5 Å². The van der Waals surface area contributed by atoms with Crippen molar-refractivity contribution in [3.63, 3.8) is 0 Å². The predicted molar refractivity (Wildman–Crippen MR) is 78.0 cm³/mol. The zero-order valence-electron chi connectivity index (χ0n) is 11.3. The molecule has 0 saturated carbocycles. The Balaban J connectivity index is 2.63. The maximum atomic E-state index is 11.3. The van der Waals surface area contributed by atoms with E-state index in [9.17, 15) is 19.8 Å². The fourth-order valence-electron chi connectivity index (χ4n) is 2.33. The number of nitrogens with zero attached hydrogens (tertiary/aromatic N) is 1. The van der Waals surface area contributed by atoms with Crippen molar-refractivity contribution in [2.45, 2.75) is 36.8 Å². The third-order valence-corrected chi connectivity index (χ3v) is 4.67. The number of aliphatic hydroxyl groups excluding tert-OH is 1. The Kier molecular flexibility index (Phi) is 6.97. The SMILES string of the molecule is C[C@@H](O)[C@@H](C=O)[C@H]1C[C@H](SCCN=CN)C(C(=O)O)N1. The number of aliphatic hydroxyl groups is 1. The standard InChI is InChI=1S/C12H21N3O4S/c1-7(17)8(5-16)9-4-10(11(15-9)12(18)19)20-3-2-14-6-13/h5-11,15,17H,2-4H2,1H3,(H2,13,14)(H,18,19)/t7-,8-,9-,10+,11?/m1/s1. The fraction of sp³-hybridized carbons (Fsp3) is 0.750. The topological polar surface area (TPSA) is 125 Å². The molecule has 7 nitrogen and oxygen atoms in total. The van der Waals surface area contributed by atoms with Gasteiger partial charge in [-0.1, -0.05) is 0 Å². The van der Waals surface area contributed by atoms with Gasteiger partial charge in [0.1, 0.15) is 12.3 Å². The second-order valence-electron chi connectivity index (χ2n) is 4.74. The van der Waals surface area contributed by atoms with Crippen LogP contribution in [0.2, 0.25) is 0 Å². The van der Waals surface area contributed by atoms with Crippen molar-refractivity contribution in [3.8, 4) is 0 Å². The Labute approximate surface area is 122 Å². The van der Waals surface area contributed by atoms with E-state index in [-0.39, 0.29) is 11.3 Å². The molecule has 0 radical (unpaired) electrons. The lowest BCUT2D eigenvalue weighted by Gasteiger charge is -2.21. The monoisotopic (exact) mass is 303 g/mol. The normalized spacial score (nSPS) is 29.4. The van der Waals surface area contributed by atoms with Gasteiger partial charge in [-0.05, 0) is 13.3 Å². The first-order valence-corrected chi connectivity index (χ1v) is 7.50. The maximum absolute atomic E-state index is 11.3. The molecule has 0 aliphatic carbocycles. The maximum Gasteiger partial charge on any atom is 0.321 e. The molecule has 20 heavy (non-hydrogen) atoms. The Morgan fingerprint density at radius 1 is 1.65 bits per heavy atom. The minimum Gasteiger partial charge on any atom is -0.480 e. The Hall–Kier alpha value is -1.12. The molecule has 1 rings (SSSR count). The van der Waals surface area contributed by atoms with Gasteiger partial charge >= 0.3 is 5.97 Å².